The standard InChI is InChI=1S/C17H23NO3/c1-17(2,21-3)12-16(20)18-13-15-9-6-8-14(11-15)7-4-5-10-19/h6,8-9,11,19H,5,10,12-13H2,1-3H3,(H,18,20). The summed E-state index contributed by atoms with van der Waals surface area (Å²) in [5, 5.41) is 11.6. The molecule has 0 heterocycles. The molecule has 0 saturated carbocycles. The van der Waals surface area contributed by atoms with E-state index >= 15 is 0 Å². The van der Waals surface area contributed by atoms with Crippen LogP contribution in [0.15, 0.2) is 24.3 Å². The molecule has 4 heteroatoms. The minimum atomic E-state index is -0.457. The number of amides is 1. The van der Waals surface area contributed by atoms with Crippen LogP contribution >= 0.6 is 0 Å². The van der Waals surface area contributed by atoms with Gasteiger partial charge in [0.15, 0.2) is 0 Å². The van der Waals surface area contributed by atoms with Crippen molar-refractivity contribution in [2.75, 3.05) is 13.7 Å². The first-order chi connectivity index (χ1) is 9.96. The predicted molar refractivity (Wildman–Crippen MR) is 82.6 cm³/mol. The number of benzene rings is 1. The van der Waals surface area contributed by atoms with E-state index in [1.54, 1.807) is 7.11 Å². The Morgan fingerprint density at radius 2 is 2.19 bits per heavy atom. The molecule has 0 unspecified atom stereocenters. The van der Waals surface area contributed by atoms with Crippen molar-refractivity contribution >= 4 is 5.91 Å². The van der Waals surface area contributed by atoms with E-state index < -0.39 is 5.60 Å². The van der Waals surface area contributed by atoms with E-state index in [0.29, 0.717) is 19.4 Å². The molecule has 0 aromatic heterocycles. The molecule has 0 spiro atoms. The Hall–Kier alpha value is -1.83. The summed E-state index contributed by atoms with van der Waals surface area (Å²) >= 11 is 0. The lowest BCUT2D eigenvalue weighted by atomic mass is 10.0. The molecule has 114 valence electrons. The Morgan fingerprint density at radius 1 is 1.43 bits per heavy atom. The summed E-state index contributed by atoms with van der Waals surface area (Å²) in [6, 6.07) is 7.69. The van der Waals surface area contributed by atoms with Gasteiger partial charge in [-0.25, -0.2) is 0 Å². The summed E-state index contributed by atoms with van der Waals surface area (Å²) in [5.41, 5.74) is 1.42. The minimum absolute atomic E-state index is 0.0429. The molecule has 1 aromatic rings. The van der Waals surface area contributed by atoms with Crippen molar-refractivity contribution in [3.8, 4) is 11.8 Å². The van der Waals surface area contributed by atoms with Crippen LogP contribution in [0.2, 0.25) is 0 Å². The number of methoxy groups -OCH3 is 1. The second-order valence-electron chi connectivity index (χ2n) is 5.39. The number of ether oxygens (including phenoxy) is 1. The average molecular weight is 289 g/mol. The summed E-state index contributed by atoms with van der Waals surface area (Å²) in [6.45, 7) is 4.29. The van der Waals surface area contributed by atoms with Crippen LogP contribution in [0.3, 0.4) is 0 Å². The van der Waals surface area contributed by atoms with Crippen LogP contribution in [0, 0.1) is 11.8 Å². The lowest BCUT2D eigenvalue weighted by Gasteiger charge is -2.21. The number of carbonyl (C=O) groups is 1. The molecule has 1 rings (SSSR count). The predicted octanol–water partition coefficient (Wildman–Crippen LogP) is 1.85. The highest BCUT2D eigenvalue weighted by molar-refractivity contribution is 5.76. The first kappa shape index (κ1) is 17.2. The van der Waals surface area contributed by atoms with Gasteiger partial charge in [0.25, 0.3) is 0 Å². The highest BCUT2D eigenvalue weighted by Gasteiger charge is 2.20. The van der Waals surface area contributed by atoms with E-state index in [-0.39, 0.29) is 12.5 Å². The summed E-state index contributed by atoms with van der Waals surface area (Å²) in [4.78, 5) is 11.8. The maximum absolute atomic E-state index is 11.8. The fraction of sp³-hybridized carbons (Fsp3) is 0.471. The van der Waals surface area contributed by atoms with E-state index in [4.69, 9.17) is 9.84 Å². The number of hydrogen-bond donors (Lipinski definition) is 2. The number of rotatable bonds is 6. The van der Waals surface area contributed by atoms with Crippen molar-refractivity contribution < 1.29 is 14.6 Å². The van der Waals surface area contributed by atoms with Crippen LogP contribution in [-0.2, 0) is 16.1 Å². The highest BCUT2D eigenvalue weighted by Crippen LogP contribution is 2.12. The molecule has 21 heavy (non-hydrogen) atoms. The van der Waals surface area contributed by atoms with Gasteiger partial charge in [-0.1, -0.05) is 24.0 Å². The number of nitrogens with one attached hydrogen (secondary N) is 1. The van der Waals surface area contributed by atoms with Gasteiger partial charge >= 0.3 is 0 Å². The van der Waals surface area contributed by atoms with Crippen molar-refractivity contribution in [1.29, 1.82) is 0 Å². The van der Waals surface area contributed by atoms with E-state index in [9.17, 15) is 4.79 Å². The molecule has 0 fully saturated rings. The molecule has 0 aliphatic heterocycles. The van der Waals surface area contributed by atoms with Gasteiger partial charge in [0, 0.05) is 25.6 Å². The maximum atomic E-state index is 11.8. The van der Waals surface area contributed by atoms with Gasteiger partial charge in [0.1, 0.15) is 0 Å². The molecule has 0 aliphatic rings. The number of aliphatic hydroxyl groups excluding tert-OH is 1. The molecule has 4 nitrogen and oxygen atoms in total. The lowest BCUT2D eigenvalue weighted by Crippen LogP contribution is -2.33. The van der Waals surface area contributed by atoms with Crippen molar-refractivity contribution in [1.82, 2.24) is 5.32 Å². The molecular weight excluding hydrogens is 266 g/mol. The van der Waals surface area contributed by atoms with E-state index in [0.717, 1.165) is 11.1 Å². The van der Waals surface area contributed by atoms with Crippen molar-refractivity contribution in [3.05, 3.63) is 35.4 Å². The Morgan fingerprint density at radius 3 is 2.86 bits per heavy atom. The quantitative estimate of drug-likeness (QED) is 0.786. The molecule has 0 saturated heterocycles. The summed E-state index contributed by atoms with van der Waals surface area (Å²) in [7, 11) is 1.60. The third-order valence-corrected chi connectivity index (χ3v) is 3.03. The molecule has 0 bridgehead atoms. The average Bonchev–Trinajstić information content (AvgIpc) is 2.45. The summed E-state index contributed by atoms with van der Waals surface area (Å²) in [6.07, 6.45) is 0.784. The first-order valence-electron chi connectivity index (χ1n) is 6.97. The zero-order valence-corrected chi connectivity index (χ0v) is 12.9. The van der Waals surface area contributed by atoms with Crippen molar-refractivity contribution in [2.45, 2.75) is 38.8 Å². The fourth-order valence-corrected chi connectivity index (χ4v) is 1.70. The zero-order chi connectivity index (χ0) is 15.7. The van der Waals surface area contributed by atoms with Gasteiger partial charge in [-0.05, 0) is 31.5 Å². The normalized spacial score (nSPS) is 10.7. The van der Waals surface area contributed by atoms with Crippen LogP contribution in [0.1, 0.15) is 37.8 Å². The minimum Gasteiger partial charge on any atom is -0.395 e. The van der Waals surface area contributed by atoms with Gasteiger partial charge in [0.05, 0.1) is 18.6 Å². The van der Waals surface area contributed by atoms with Gasteiger partial charge in [-0.3, -0.25) is 4.79 Å². The van der Waals surface area contributed by atoms with Crippen LogP contribution < -0.4 is 5.32 Å². The zero-order valence-electron chi connectivity index (χ0n) is 12.9. The third-order valence-electron chi connectivity index (χ3n) is 3.03. The van der Waals surface area contributed by atoms with E-state index in [1.165, 1.54) is 0 Å². The smallest absolute Gasteiger partial charge is 0.223 e. The van der Waals surface area contributed by atoms with Gasteiger partial charge in [0.2, 0.25) is 5.91 Å². The van der Waals surface area contributed by atoms with Crippen LogP contribution in [-0.4, -0.2) is 30.3 Å². The molecule has 0 radical (unpaired) electrons. The van der Waals surface area contributed by atoms with Gasteiger partial charge in [-0.15, -0.1) is 0 Å². The summed E-state index contributed by atoms with van der Waals surface area (Å²) in [5.74, 6) is 5.81. The van der Waals surface area contributed by atoms with Crippen LogP contribution in [0.5, 0.6) is 0 Å². The fourth-order valence-electron chi connectivity index (χ4n) is 1.70. The second kappa shape index (κ2) is 8.46. The molecule has 1 amide bonds. The Kier molecular flexibility index (Phi) is 6.93. The second-order valence-corrected chi connectivity index (χ2v) is 5.39. The monoisotopic (exact) mass is 289 g/mol. The summed E-state index contributed by atoms with van der Waals surface area (Å²) < 4.78 is 5.23. The van der Waals surface area contributed by atoms with Crippen LogP contribution in [0.4, 0.5) is 0 Å². The number of carbonyl (C=O) groups excluding carboxylic acids is 1. The van der Waals surface area contributed by atoms with E-state index in [2.05, 4.69) is 17.2 Å². The molecule has 0 atom stereocenters. The SMILES string of the molecule is COC(C)(C)CC(=O)NCc1cccc(C#CCCO)c1. The Balaban J connectivity index is 2.54. The van der Waals surface area contributed by atoms with Crippen molar-refractivity contribution in [3.63, 3.8) is 0 Å². The topological polar surface area (TPSA) is 58.6 Å². The molecule has 0 aliphatic carbocycles. The third kappa shape index (κ3) is 6.94. The molecule has 2 N–H and O–H groups in total. The molecular formula is C17H23NO3. The number of hydrogen-bond acceptors (Lipinski definition) is 3. The molecule has 1 aromatic carbocycles. The lowest BCUT2D eigenvalue weighted by molar-refractivity contribution is -0.126. The van der Waals surface area contributed by atoms with Gasteiger partial charge < -0.3 is 15.2 Å². The number of aliphatic hydroxyl groups is 1. The van der Waals surface area contributed by atoms with Gasteiger partial charge in [-0.2, -0.15) is 0 Å². The van der Waals surface area contributed by atoms with Crippen LogP contribution in [0.25, 0.3) is 0 Å². The highest BCUT2D eigenvalue weighted by atomic mass is 16.5. The van der Waals surface area contributed by atoms with E-state index in [1.807, 2.05) is 38.1 Å². The largest absolute Gasteiger partial charge is 0.395 e. The Labute approximate surface area is 126 Å². The Bertz CT molecular complexity index is 526. The van der Waals surface area contributed by atoms with Crippen molar-refractivity contribution in [2.24, 2.45) is 0 Å². The maximum Gasteiger partial charge on any atom is 0.223 e. The first-order valence-corrected chi connectivity index (χ1v) is 6.97.